The Kier molecular flexibility index (Phi) is 3.46. The van der Waals surface area contributed by atoms with Crippen LogP contribution in [-0.2, 0) is 4.74 Å². The van der Waals surface area contributed by atoms with Crippen LogP contribution in [0, 0.1) is 7.27 Å². The van der Waals surface area contributed by atoms with Crippen LogP contribution in [0.15, 0.2) is 6.20 Å². The van der Waals surface area contributed by atoms with Crippen LogP contribution in [0.2, 0.25) is 0 Å². The zero-order valence-electron chi connectivity index (χ0n) is 7.04. The summed E-state index contributed by atoms with van der Waals surface area (Å²) >= 11 is 4.61. The molecule has 0 amide bonds. The van der Waals surface area contributed by atoms with Gasteiger partial charge in [-0.2, -0.15) is 5.10 Å². The van der Waals surface area contributed by atoms with Gasteiger partial charge in [-0.05, 0) is 64.4 Å². The highest BCUT2D eigenvalue weighted by atomic mass is 127. The highest BCUT2D eigenvalue weighted by molar-refractivity contribution is 14.1. The van der Waals surface area contributed by atoms with E-state index in [4.69, 9.17) is 4.74 Å². The van der Waals surface area contributed by atoms with Crippen molar-refractivity contribution in [2.24, 2.45) is 0 Å². The lowest BCUT2D eigenvalue weighted by atomic mass is 10.2. The monoisotopic (exact) mass is 404 g/mol. The lowest BCUT2D eigenvalue weighted by Gasteiger charge is -2.23. The molecule has 2 rings (SSSR count). The van der Waals surface area contributed by atoms with Crippen molar-refractivity contribution in [2.75, 3.05) is 6.61 Å². The molecule has 3 nitrogen and oxygen atoms in total. The molecule has 2 heterocycles. The van der Waals surface area contributed by atoms with Crippen LogP contribution in [0.3, 0.4) is 0 Å². The van der Waals surface area contributed by atoms with E-state index in [-0.39, 0.29) is 6.23 Å². The van der Waals surface area contributed by atoms with E-state index in [1.807, 2.05) is 10.9 Å². The van der Waals surface area contributed by atoms with Crippen LogP contribution >= 0.6 is 45.2 Å². The average Bonchev–Trinajstić information content (AvgIpc) is 2.49. The number of hydrogen-bond acceptors (Lipinski definition) is 2. The zero-order valence-corrected chi connectivity index (χ0v) is 11.4. The molecule has 1 fully saturated rings. The summed E-state index contributed by atoms with van der Waals surface area (Å²) in [7, 11) is 0. The van der Waals surface area contributed by atoms with Crippen LogP contribution in [0.4, 0.5) is 0 Å². The fourth-order valence-electron chi connectivity index (χ4n) is 1.44. The molecule has 0 N–H and O–H groups in total. The number of aromatic nitrogens is 2. The maximum atomic E-state index is 5.65. The summed E-state index contributed by atoms with van der Waals surface area (Å²) in [5, 5.41) is 4.32. The lowest BCUT2D eigenvalue weighted by Crippen LogP contribution is -2.20. The molecule has 1 aliphatic rings. The lowest BCUT2D eigenvalue weighted by molar-refractivity contribution is -0.0411. The van der Waals surface area contributed by atoms with Gasteiger partial charge < -0.3 is 4.74 Å². The number of hydrogen-bond donors (Lipinski definition) is 0. The highest BCUT2D eigenvalue weighted by Crippen LogP contribution is 2.25. The van der Waals surface area contributed by atoms with E-state index in [0.29, 0.717) is 0 Å². The van der Waals surface area contributed by atoms with Crippen molar-refractivity contribution in [1.82, 2.24) is 9.78 Å². The minimum atomic E-state index is 0.171. The van der Waals surface area contributed by atoms with Crippen molar-refractivity contribution < 1.29 is 4.74 Å². The van der Waals surface area contributed by atoms with Crippen molar-refractivity contribution in [1.29, 1.82) is 0 Å². The fourth-order valence-corrected chi connectivity index (χ4v) is 2.39. The van der Waals surface area contributed by atoms with E-state index < -0.39 is 0 Å². The first-order valence-electron chi connectivity index (χ1n) is 4.29. The average molecular weight is 404 g/mol. The standard InChI is InChI=1S/C8H10I2N2O/c9-6-5-11-12(8(6)10)7-3-1-2-4-13-7/h5,7H,1-4H2. The molecule has 1 unspecified atom stereocenters. The minimum absolute atomic E-state index is 0.171. The molecule has 0 spiro atoms. The summed E-state index contributed by atoms with van der Waals surface area (Å²) in [4.78, 5) is 0. The number of nitrogens with zero attached hydrogens (tertiary/aromatic N) is 2. The van der Waals surface area contributed by atoms with E-state index in [2.05, 4.69) is 50.3 Å². The first-order chi connectivity index (χ1) is 6.29. The molecule has 5 heteroatoms. The third-order valence-electron chi connectivity index (χ3n) is 2.12. The number of ether oxygens (including phenoxy) is 1. The first-order valence-corrected chi connectivity index (χ1v) is 6.45. The SMILES string of the molecule is Ic1cnn(C2CCCCO2)c1I. The van der Waals surface area contributed by atoms with Gasteiger partial charge >= 0.3 is 0 Å². The molecule has 1 aliphatic heterocycles. The van der Waals surface area contributed by atoms with Crippen molar-refractivity contribution >= 4 is 45.2 Å². The van der Waals surface area contributed by atoms with Crippen LogP contribution in [0.1, 0.15) is 25.5 Å². The van der Waals surface area contributed by atoms with Gasteiger partial charge in [-0.3, -0.25) is 0 Å². The second-order valence-electron chi connectivity index (χ2n) is 3.05. The van der Waals surface area contributed by atoms with Gasteiger partial charge in [0.15, 0.2) is 6.23 Å². The number of rotatable bonds is 1. The highest BCUT2D eigenvalue weighted by Gasteiger charge is 2.19. The predicted octanol–water partition coefficient (Wildman–Crippen LogP) is 2.79. The molecular weight excluding hydrogens is 394 g/mol. The van der Waals surface area contributed by atoms with Gasteiger partial charge in [0, 0.05) is 6.61 Å². The van der Waals surface area contributed by atoms with E-state index in [1.165, 1.54) is 20.1 Å². The van der Waals surface area contributed by atoms with E-state index in [1.54, 1.807) is 0 Å². The van der Waals surface area contributed by atoms with Crippen molar-refractivity contribution in [3.05, 3.63) is 13.5 Å². The fraction of sp³-hybridized carbons (Fsp3) is 0.625. The Bertz CT molecular complexity index is 294. The quantitative estimate of drug-likeness (QED) is 0.674. The molecule has 13 heavy (non-hydrogen) atoms. The van der Waals surface area contributed by atoms with Crippen molar-refractivity contribution in [3.8, 4) is 0 Å². The zero-order chi connectivity index (χ0) is 9.26. The molecule has 1 atom stereocenters. The smallest absolute Gasteiger partial charge is 0.151 e. The Morgan fingerprint density at radius 1 is 1.46 bits per heavy atom. The molecule has 0 aromatic carbocycles. The topological polar surface area (TPSA) is 27.1 Å². The summed E-state index contributed by atoms with van der Waals surface area (Å²) in [6.45, 7) is 0.872. The summed E-state index contributed by atoms with van der Waals surface area (Å²) in [5.41, 5.74) is 0. The Labute approximate surface area is 104 Å². The molecule has 1 aromatic rings. The Morgan fingerprint density at radius 2 is 2.31 bits per heavy atom. The normalized spacial score (nSPS) is 23.4. The van der Waals surface area contributed by atoms with Gasteiger partial charge in [-0.25, -0.2) is 4.68 Å². The molecule has 0 saturated carbocycles. The van der Waals surface area contributed by atoms with E-state index >= 15 is 0 Å². The molecule has 0 aliphatic carbocycles. The predicted molar refractivity (Wildman–Crippen MR) is 66.5 cm³/mol. The first kappa shape index (κ1) is 10.2. The van der Waals surface area contributed by atoms with Crippen LogP contribution in [0.25, 0.3) is 0 Å². The van der Waals surface area contributed by atoms with Crippen molar-refractivity contribution in [3.63, 3.8) is 0 Å². The van der Waals surface area contributed by atoms with Gasteiger partial charge in [0.05, 0.1) is 9.77 Å². The summed E-state index contributed by atoms with van der Waals surface area (Å²) < 4.78 is 10.0. The Balaban J connectivity index is 2.18. The van der Waals surface area contributed by atoms with Gasteiger partial charge in [-0.1, -0.05) is 0 Å². The maximum absolute atomic E-state index is 5.65. The largest absolute Gasteiger partial charge is 0.356 e. The summed E-state index contributed by atoms with van der Waals surface area (Å²) in [6.07, 6.45) is 5.58. The van der Waals surface area contributed by atoms with Gasteiger partial charge in [-0.15, -0.1) is 0 Å². The molecule has 72 valence electrons. The van der Waals surface area contributed by atoms with Gasteiger partial charge in [0.1, 0.15) is 3.70 Å². The summed E-state index contributed by atoms with van der Waals surface area (Å²) in [5.74, 6) is 0. The second kappa shape index (κ2) is 4.43. The third-order valence-corrected chi connectivity index (χ3v) is 5.02. The Morgan fingerprint density at radius 3 is 2.85 bits per heavy atom. The minimum Gasteiger partial charge on any atom is -0.356 e. The van der Waals surface area contributed by atoms with E-state index in [0.717, 1.165) is 13.0 Å². The van der Waals surface area contributed by atoms with Gasteiger partial charge in [0.2, 0.25) is 0 Å². The van der Waals surface area contributed by atoms with Crippen LogP contribution in [0.5, 0.6) is 0 Å². The van der Waals surface area contributed by atoms with E-state index in [9.17, 15) is 0 Å². The molecule has 1 saturated heterocycles. The second-order valence-corrected chi connectivity index (χ2v) is 5.23. The summed E-state index contributed by atoms with van der Waals surface area (Å²) in [6, 6.07) is 0. The van der Waals surface area contributed by atoms with Crippen LogP contribution in [-0.4, -0.2) is 16.4 Å². The van der Waals surface area contributed by atoms with Crippen LogP contribution < -0.4 is 0 Å². The van der Waals surface area contributed by atoms with Crippen molar-refractivity contribution in [2.45, 2.75) is 25.5 Å². The molecular formula is C8H10I2N2O. The molecule has 0 radical (unpaired) electrons. The molecule has 0 bridgehead atoms. The third kappa shape index (κ3) is 2.17. The van der Waals surface area contributed by atoms with Gasteiger partial charge in [0.25, 0.3) is 0 Å². The Hall–Kier alpha value is 0.630. The molecule has 1 aromatic heterocycles. The number of halogens is 2. The maximum Gasteiger partial charge on any atom is 0.151 e.